The van der Waals surface area contributed by atoms with Gasteiger partial charge in [0, 0.05) is 12.4 Å². The summed E-state index contributed by atoms with van der Waals surface area (Å²) in [5.41, 5.74) is 5.46. The molecule has 106 valence electrons. The Morgan fingerprint density at radius 1 is 1.05 bits per heavy atom. The SMILES string of the molecule is O=C(NNC(=O)C1(c2ccccc2)CC1)c1cnccn1. The molecule has 1 heterocycles. The van der Waals surface area contributed by atoms with Gasteiger partial charge in [-0.3, -0.25) is 25.4 Å². The van der Waals surface area contributed by atoms with Crippen LogP contribution in [-0.2, 0) is 10.2 Å². The number of aromatic nitrogens is 2. The molecule has 6 nitrogen and oxygen atoms in total. The number of amides is 2. The highest BCUT2D eigenvalue weighted by Crippen LogP contribution is 2.48. The van der Waals surface area contributed by atoms with E-state index in [0.717, 1.165) is 18.4 Å². The largest absolute Gasteiger partial charge is 0.289 e. The van der Waals surface area contributed by atoms with Gasteiger partial charge in [0.25, 0.3) is 5.91 Å². The van der Waals surface area contributed by atoms with Crippen molar-refractivity contribution in [2.24, 2.45) is 0 Å². The van der Waals surface area contributed by atoms with Crippen molar-refractivity contribution in [1.29, 1.82) is 0 Å². The molecule has 0 aliphatic heterocycles. The number of nitrogens with one attached hydrogen (secondary N) is 2. The normalized spacial score (nSPS) is 15.0. The third-order valence-corrected chi connectivity index (χ3v) is 3.60. The number of benzene rings is 1. The van der Waals surface area contributed by atoms with Crippen molar-refractivity contribution in [2.75, 3.05) is 0 Å². The first-order valence-corrected chi connectivity index (χ1v) is 6.65. The number of carbonyl (C=O) groups excluding carboxylic acids is 2. The summed E-state index contributed by atoms with van der Waals surface area (Å²) in [7, 11) is 0. The molecule has 0 radical (unpaired) electrons. The molecule has 1 aromatic carbocycles. The predicted octanol–water partition coefficient (Wildman–Crippen LogP) is 0.969. The van der Waals surface area contributed by atoms with E-state index in [9.17, 15) is 9.59 Å². The Balaban J connectivity index is 1.64. The molecular formula is C15H14N4O2. The standard InChI is InChI=1S/C15H14N4O2/c20-13(12-10-16-8-9-17-12)18-19-14(21)15(6-7-15)11-4-2-1-3-5-11/h1-5,8-10H,6-7H2,(H,18,20)(H,19,21). The lowest BCUT2D eigenvalue weighted by atomic mass is 9.95. The van der Waals surface area contributed by atoms with Crippen LogP contribution >= 0.6 is 0 Å². The average molecular weight is 282 g/mol. The highest BCUT2D eigenvalue weighted by atomic mass is 16.2. The van der Waals surface area contributed by atoms with Crippen molar-refractivity contribution in [3.05, 3.63) is 60.2 Å². The molecule has 1 aliphatic carbocycles. The first-order valence-electron chi connectivity index (χ1n) is 6.65. The zero-order chi connectivity index (χ0) is 14.7. The summed E-state index contributed by atoms with van der Waals surface area (Å²) < 4.78 is 0. The second-order valence-corrected chi connectivity index (χ2v) is 4.95. The third-order valence-electron chi connectivity index (χ3n) is 3.60. The fourth-order valence-electron chi connectivity index (χ4n) is 2.24. The van der Waals surface area contributed by atoms with Crippen LogP contribution in [-0.4, -0.2) is 21.8 Å². The van der Waals surface area contributed by atoms with Crippen LogP contribution in [0.2, 0.25) is 0 Å². The van der Waals surface area contributed by atoms with Gasteiger partial charge in [-0.1, -0.05) is 30.3 Å². The van der Waals surface area contributed by atoms with Gasteiger partial charge in [0.05, 0.1) is 11.6 Å². The molecule has 1 aliphatic rings. The first-order chi connectivity index (χ1) is 10.2. The fraction of sp³-hybridized carbons (Fsp3) is 0.200. The van der Waals surface area contributed by atoms with E-state index in [-0.39, 0.29) is 11.6 Å². The quantitative estimate of drug-likeness (QED) is 0.822. The van der Waals surface area contributed by atoms with Crippen LogP contribution in [0, 0.1) is 0 Å². The van der Waals surface area contributed by atoms with E-state index in [0.29, 0.717) is 0 Å². The molecule has 0 unspecified atom stereocenters. The molecule has 0 atom stereocenters. The Morgan fingerprint density at radius 2 is 1.81 bits per heavy atom. The molecule has 1 fully saturated rings. The molecule has 0 spiro atoms. The van der Waals surface area contributed by atoms with Gasteiger partial charge in [-0.25, -0.2) is 4.98 Å². The molecule has 3 rings (SSSR count). The molecule has 1 saturated carbocycles. The number of rotatable bonds is 3. The lowest BCUT2D eigenvalue weighted by Gasteiger charge is -2.15. The van der Waals surface area contributed by atoms with Crippen LogP contribution in [0.15, 0.2) is 48.9 Å². The van der Waals surface area contributed by atoms with E-state index in [1.807, 2.05) is 30.3 Å². The number of hydrogen-bond donors (Lipinski definition) is 2. The summed E-state index contributed by atoms with van der Waals surface area (Å²) in [5.74, 6) is -0.689. The summed E-state index contributed by atoms with van der Waals surface area (Å²) >= 11 is 0. The van der Waals surface area contributed by atoms with Crippen molar-refractivity contribution in [1.82, 2.24) is 20.8 Å². The second kappa shape index (κ2) is 5.32. The summed E-state index contributed by atoms with van der Waals surface area (Å²) in [6.45, 7) is 0. The Kier molecular flexibility index (Phi) is 3.35. The van der Waals surface area contributed by atoms with Crippen molar-refractivity contribution in [3.63, 3.8) is 0 Å². The maximum atomic E-state index is 12.3. The maximum Gasteiger partial charge on any atom is 0.289 e. The van der Waals surface area contributed by atoms with Gasteiger partial charge in [0.1, 0.15) is 5.69 Å². The zero-order valence-corrected chi connectivity index (χ0v) is 11.2. The minimum absolute atomic E-state index is 0.155. The van der Waals surface area contributed by atoms with Gasteiger partial charge in [-0.15, -0.1) is 0 Å². The molecule has 1 aromatic heterocycles. The molecular weight excluding hydrogens is 268 g/mol. The van der Waals surface area contributed by atoms with E-state index in [4.69, 9.17) is 0 Å². The van der Waals surface area contributed by atoms with E-state index in [2.05, 4.69) is 20.8 Å². The minimum atomic E-state index is -0.517. The maximum absolute atomic E-state index is 12.3. The lowest BCUT2D eigenvalue weighted by molar-refractivity contribution is -0.124. The Labute approximate surface area is 121 Å². The lowest BCUT2D eigenvalue weighted by Crippen LogP contribution is -2.46. The number of nitrogens with zero attached hydrogens (tertiary/aromatic N) is 2. The van der Waals surface area contributed by atoms with Gasteiger partial charge < -0.3 is 0 Å². The molecule has 2 N–H and O–H groups in total. The smallest absolute Gasteiger partial charge is 0.272 e. The first kappa shape index (κ1) is 13.2. The molecule has 2 amide bonds. The fourth-order valence-corrected chi connectivity index (χ4v) is 2.24. The Hall–Kier alpha value is -2.76. The van der Waals surface area contributed by atoms with Crippen LogP contribution in [0.3, 0.4) is 0 Å². The van der Waals surface area contributed by atoms with Gasteiger partial charge >= 0.3 is 0 Å². The van der Waals surface area contributed by atoms with Crippen LogP contribution in [0.4, 0.5) is 0 Å². The summed E-state index contributed by atoms with van der Waals surface area (Å²) in [6.07, 6.45) is 5.80. The van der Waals surface area contributed by atoms with Gasteiger partial charge in [0.15, 0.2) is 0 Å². The molecule has 0 bridgehead atoms. The van der Waals surface area contributed by atoms with Crippen molar-refractivity contribution in [3.8, 4) is 0 Å². The summed E-state index contributed by atoms with van der Waals surface area (Å²) in [4.78, 5) is 31.8. The van der Waals surface area contributed by atoms with Gasteiger partial charge in [0.2, 0.25) is 5.91 Å². The minimum Gasteiger partial charge on any atom is -0.272 e. The Bertz CT molecular complexity index is 654. The zero-order valence-electron chi connectivity index (χ0n) is 11.2. The highest BCUT2D eigenvalue weighted by molar-refractivity contribution is 5.96. The van der Waals surface area contributed by atoms with E-state index in [1.165, 1.54) is 18.6 Å². The topological polar surface area (TPSA) is 84.0 Å². The average Bonchev–Trinajstić information content (AvgIpc) is 3.36. The van der Waals surface area contributed by atoms with Gasteiger partial charge in [-0.2, -0.15) is 0 Å². The predicted molar refractivity (Wildman–Crippen MR) is 75.0 cm³/mol. The second-order valence-electron chi connectivity index (χ2n) is 4.95. The molecule has 6 heteroatoms. The number of hydrogen-bond acceptors (Lipinski definition) is 4. The molecule has 2 aromatic rings. The third kappa shape index (κ3) is 2.60. The van der Waals surface area contributed by atoms with Crippen molar-refractivity contribution < 1.29 is 9.59 Å². The number of carbonyl (C=O) groups is 2. The van der Waals surface area contributed by atoms with E-state index >= 15 is 0 Å². The van der Waals surface area contributed by atoms with Crippen LogP contribution < -0.4 is 10.9 Å². The summed E-state index contributed by atoms with van der Waals surface area (Å²) in [6, 6.07) is 9.57. The highest BCUT2D eigenvalue weighted by Gasteiger charge is 2.51. The van der Waals surface area contributed by atoms with Crippen LogP contribution in [0.1, 0.15) is 28.9 Å². The number of hydrazine groups is 1. The monoisotopic (exact) mass is 282 g/mol. The van der Waals surface area contributed by atoms with Gasteiger partial charge in [-0.05, 0) is 18.4 Å². The molecule has 21 heavy (non-hydrogen) atoms. The molecule has 0 saturated heterocycles. The van der Waals surface area contributed by atoms with Crippen LogP contribution in [0.25, 0.3) is 0 Å². The van der Waals surface area contributed by atoms with Crippen molar-refractivity contribution in [2.45, 2.75) is 18.3 Å². The van der Waals surface area contributed by atoms with Crippen molar-refractivity contribution >= 4 is 11.8 Å². The van der Waals surface area contributed by atoms with E-state index < -0.39 is 11.3 Å². The Morgan fingerprint density at radius 3 is 2.43 bits per heavy atom. The summed E-state index contributed by atoms with van der Waals surface area (Å²) in [5, 5.41) is 0. The van der Waals surface area contributed by atoms with Crippen LogP contribution in [0.5, 0.6) is 0 Å². The van der Waals surface area contributed by atoms with E-state index in [1.54, 1.807) is 0 Å².